The van der Waals surface area contributed by atoms with Crippen molar-refractivity contribution in [3.8, 4) is 0 Å². The fourth-order valence-corrected chi connectivity index (χ4v) is 2.59. The molecule has 6 heteroatoms. The van der Waals surface area contributed by atoms with Crippen molar-refractivity contribution < 1.29 is 19.1 Å². The van der Waals surface area contributed by atoms with Gasteiger partial charge in [-0.3, -0.25) is 0 Å². The van der Waals surface area contributed by atoms with Crippen LogP contribution in [0.3, 0.4) is 0 Å². The Kier molecular flexibility index (Phi) is 3.58. The standard InChI is InChI=1S/C16H16N2O4/c1-17(10-13-6-7-14(22-13)15(19)20)16(21)18-8-11-4-2-3-5-12(11)9-18/h2-7H,8-10H2,1H3,(H,19,20). The van der Waals surface area contributed by atoms with Crippen molar-refractivity contribution in [2.45, 2.75) is 19.6 Å². The maximum atomic E-state index is 12.5. The van der Waals surface area contributed by atoms with E-state index in [-0.39, 0.29) is 18.3 Å². The molecule has 0 aliphatic carbocycles. The molecule has 0 fully saturated rings. The fraction of sp³-hybridized carbons (Fsp3) is 0.250. The van der Waals surface area contributed by atoms with Crippen molar-refractivity contribution in [1.29, 1.82) is 0 Å². The van der Waals surface area contributed by atoms with Gasteiger partial charge < -0.3 is 19.3 Å². The zero-order chi connectivity index (χ0) is 15.7. The molecular formula is C16H16N2O4. The average Bonchev–Trinajstić information content (AvgIpc) is 3.12. The number of urea groups is 1. The predicted molar refractivity (Wildman–Crippen MR) is 78.2 cm³/mol. The van der Waals surface area contributed by atoms with Crippen molar-refractivity contribution >= 4 is 12.0 Å². The van der Waals surface area contributed by atoms with Gasteiger partial charge >= 0.3 is 12.0 Å². The van der Waals surface area contributed by atoms with Gasteiger partial charge in [-0.1, -0.05) is 24.3 Å². The first-order valence-electron chi connectivity index (χ1n) is 6.93. The van der Waals surface area contributed by atoms with Crippen LogP contribution in [0, 0.1) is 0 Å². The van der Waals surface area contributed by atoms with Gasteiger partial charge in [-0.15, -0.1) is 0 Å². The molecule has 0 saturated heterocycles. The molecule has 3 rings (SSSR count). The summed E-state index contributed by atoms with van der Waals surface area (Å²) in [6.45, 7) is 1.43. The summed E-state index contributed by atoms with van der Waals surface area (Å²) < 4.78 is 5.18. The lowest BCUT2D eigenvalue weighted by atomic mass is 10.1. The Morgan fingerprint density at radius 2 is 1.82 bits per heavy atom. The number of carbonyl (C=O) groups excluding carboxylic acids is 1. The van der Waals surface area contributed by atoms with Crippen LogP contribution in [0.15, 0.2) is 40.8 Å². The van der Waals surface area contributed by atoms with Gasteiger partial charge in [0.25, 0.3) is 0 Å². The number of carboxylic acids is 1. The van der Waals surface area contributed by atoms with Crippen LogP contribution >= 0.6 is 0 Å². The Morgan fingerprint density at radius 3 is 2.36 bits per heavy atom. The van der Waals surface area contributed by atoms with Crippen LogP contribution in [0.1, 0.15) is 27.4 Å². The van der Waals surface area contributed by atoms with Gasteiger partial charge in [0, 0.05) is 20.1 Å². The summed E-state index contributed by atoms with van der Waals surface area (Å²) in [5.41, 5.74) is 2.32. The van der Waals surface area contributed by atoms with E-state index in [1.165, 1.54) is 11.0 Å². The highest BCUT2D eigenvalue weighted by atomic mass is 16.4. The lowest BCUT2D eigenvalue weighted by Crippen LogP contribution is -2.37. The quantitative estimate of drug-likeness (QED) is 0.945. The number of fused-ring (bicyclic) bond motifs is 1. The van der Waals surface area contributed by atoms with Gasteiger partial charge in [0.05, 0.1) is 6.54 Å². The zero-order valence-corrected chi connectivity index (χ0v) is 12.2. The van der Waals surface area contributed by atoms with Gasteiger partial charge in [-0.05, 0) is 23.3 Å². The highest BCUT2D eigenvalue weighted by Gasteiger charge is 2.25. The number of aromatic carboxylic acids is 1. The smallest absolute Gasteiger partial charge is 0.371 e. The van der Waals surface area contributed by atoms with Gasteiger partial charge in [0.1, 0.15) is 5.76 Å². The van der Waals surface area contributed by atoms with Gasteiger partial charge in [-0.25, -0.2) is 9.59 Å². The number of furan rings is 1. The van der Waals surface area contributed by atoms with E-state index >= 15 is 0 Å². The molecule has 1 N–H and O–H groups in total. The molecule has 1 aromatic carbocycles. The van der Waals surface area contributed by atoms with Crippen LogP contribution in [-0.4, -0.2) is 34.0 Å². The number of hydrogen-bond acceptors (Lipinski definition) is 3. The fourth-order valence-electron chi connectivity index (χ4n) is 2.59. The Morgan fingerprint density at radius 1 is 1.18 bits per heavy atom. The highest BCUT2D eigenvalue weighted by Crippen LogP contribution is 2.23. The third-order valence-electron chi connectivity index (χ3n) is 3.70. The first-order valence-corrected chi connectivity index (χ1v) is 6.93. The third kappa shape index (κ3) is 2.67. The van der Waals surface area contributed by atoms with E-state index in [2.05, 4.69) is 0 Å². The van der Waals surface area contributed by atoms with E-state index in [1.807, 2.05) is 24.3 Å². The van der Waals surface area contributed by atoms with E-state index in [4.69, 9.17) is 9.52 Å². The van der Waals surface area contributed by atoms with Gasteiger partial charge in [0.2, 0.25) is 5.76 Å². The molecular weight excluding hydrogens is 284 g/mol. The van der Waals surface area contributed by atoms with E-state index < -0.39 is 5.97 Å². The monoisotopic (exact) mass is 300 g/mol. The minimum atomic E-state index is -1.12. The Bertz CT molecular complexity index is 697. The summed E-state index contributed by atoms with van der Waals surface area (Å²) in [5.74, 6) is -0.787. The maximum absolute atomic E-state index is 12.5. The van der Waals surface area contributed by atoms with E-state index in [0.29, 0.717) is 18.8 Å². The summed E-state index contributed by atoms with van der Waals surface area (Å²) >= 11 is 0. The van der Waals surface area contributed by atoms with E-state index in [9.17, 15) is 9.59 Å². The molecule has 1 aliphatic heterocycles. The minimum absolute atomic E-state index is 0.107. The summed E-state index contributed by atoms with van der Waals surface area (Å²) in [6.07, 6.45) is 0. The molecule has 2 aromatic rings. The number of carboxylic acid groups (broad SMARTS) is 1. The third-order valence-corrected chi connectivity index (χ3v) is 3.70. The molecule has 1 aliphatic rings. The topological polar surface area (TPSA) is 74.0 Å². The van der Waals surface area contributed by atoms with Crippen LogP contribution in [0.5, 0.6) is 0 Å². The summed E-state index contributed by atoms with van der Waals surface area (Å²) in [7, 11) is 1.67. The summed E-state index contributed by atoms with van der Waals surface area (Å²) in [6, 6.07) is 10.8. The lowest BCUT2D eigenvalue weighted by Gasteiger charge is -2.23. The molecule has 0 spiro atoms. The van der Waals surface area contributed by atoms with Crippen molar-refractivity contribution in [3.63, 3.8) is 0 Å². The second-order valence-corrected chi connectivity index (χ2v) is 5.33. The van der Waals surface area contributed by atoms with Crippen molar-refractivity contribution in [2.24, 2.45) is 0 Å². The van der Waals surface area contributed by atoms with Gasteiger partial charge in [-0.2, -0.15) is 0 Å². The normalized spacial score (nSPS) is 13.0. The molecule has 6 nitrogen and oxygen atoms in total. The van der Waals surface area contributed by atoms with Crippen LogP contribution in [-0.2, 0) is 19.6 Å². The van der Waals surface area contributed by atoms with Crippen LogP contribution in [0.25, 0.3) is 0 Å². The SMILES string of the molecule is CN(Cc1ccc(C(=O)O)o1)C(=O)N1Cc2ccccc2C1. The number of hydrogen-bond donors (Lipinski definition) is 1. The second kappa shape index (κ2) is 5.55. The number of amides is 2. The number of rotatable bonds is 3. The van der Waals surface area contributed by atoms with Crippen LogP contribution in [0.2, 0.25) is 0 Å². The Hall–Kier alpha value is -2.76. The molecule has 2 heterocycles. The lowest BCUT2D eigenvalue weighted by molar-refractivity contribution is 0.0659. The molecule has 2 amide bonds. The van der Waals surface area contributed by atoms with Gasteiger partial charge in [0.15, 0.2) is 0 Å². The Balaban J connectivity index is 1.64. The van der Waals surface area contributed by atoms with Crippen LogP contribution in [0.4, 0.5) is 4.79 Å². The van der Waals surface area contributed by atoms with Crippen LogP contribution < -0.4 is 0 Å². The summed E-state index contributed by atoms with van der Waals surface area (Å²) in [5, 5.41) is 8.83. The van der Waals surface area contributed by atoms with Crippen molar-refractivity contribution in [1.82, 2.24) is 9.80 Å². The number of carbonyl (C=O) groups is 2. The predicted octanol–water partition coefficient (Wildman–Crippen LogP) is 2.55. The summed E-state index contributed by atoms with van der Waals surface area (Å²) in [4.78, 5) is 26.5. The first-order chi connectivity index (χ1) is 10.5. The maximum Gasteiger partial charge on any atom is 0.371 e. The van der Waals surface area contributed by atoms with E-state index in [1.54, 1.807) is 18.0 Å². The first kappa shape index (κ1) is 14.2. The Labute approximate surface area is 127 Å². The second-order valence-electron chi connectivity index (χ2n) is 5.33. The molecule has 0 unspecified atom stereocenters. The molecule has 114 valence electrons. The van der Waals surface area contributed by atoms with Crippen molar-refractivity contribution in [2.75, 3.05) is 7.05 Å². The number of nitrogens with zero attached hydrogens (tertiary/aromatic N) is 2. The average molecular weight is 300 g/mol. The molecule has 1 aromatic heterocycles. The van der Waals surface area contributed by atoms with E-state index in [0.717, 1.165) is 11.1 Å². The van der Waals surface area contributed by atoms with Crippen molar-refractivity contribution in [3.05, 3.63) is 59.0 Å². The molecule has 0 atom stereocenters. The molecule has 0 bridgehead atoms. The minimum Gasteiger partial charge on any atom is -0.475 e. The molecule has 0 saturated carbocycles. The number of benzene rings is 1. The highest BCUT2D eigenvalue weighted by molar-refractivity contribution is 5.84. The largest absolute Gasteiger partial charge is 0.475 e. The molecule has 0 radical (unpaired) electrons. The molecule has 22 heavy (non-hydrogen) atoms. The zero-order valence-electron chi connectivity index (χ0n) is 12.2.